The largest absolute Gasteiger partial charge is 0.490 e. The third kappa shape index (κ3) is 3.72. The van der Waals surface area contributed by atoms with Gasteiger partial charge in [0.25, 0.3) is 5.69 Å². The van der Waals surface area contributed by atoms with Gasteiger partial charge in [0.15, 0.2) is 0 Å². The second kappa shape index (κ2) is 6.38. The molecule has 1 aliphatic rings. The van der Waals surface area contributed by atoms with Gasteiger partial charge in [0.05, 0.1) is 11.0 Å². The minimum absolute atomic E-state index is 0.111. The first kappa shape index (κ1) is 12.9. The van der Waals surface area contributed by atoms with Gasteiger partial charge in [-0.25, -0.2) is 0 Å². The number of ether oxygens (including phenoxy) is 1. The number of hydrogen-bond donors (Lipinski definition) is 0. The van der Waals surface area contributed by atoms with Crippen molar-refractivity contribution in [2.24, 2.45) is 0 Å². The lowest BCUT2D eigenvalue weighted by Crippen LogP contribution is -2.17. The molecule has 4 nitrogen and oxygen atoms in total. The summed E-state index contributed by atoms with van der Waals surface area (Å²) in [7, 11) is 0. The molecule has 18 heavy (non-hydrogen) atoms. The lowest BCUT2D eigenvalue weighted by Gasteiger charge is -2.21. The molecule has 0 amide bonds. The predicted molar refractivity (Wildman–Crippen MR) is 69.8 cm³/mol. The van der Waals surface area contributed by atoms with Crippen molar-refractivity contribution in [3.8, 4) is 5.75 Å². The van der Waals surface area contributed by atoms with Gasteiger partial charge in [-0.05, 0) is 37.8 Å². The second-order valence-corrected chi connectivity index (χ2v) is 4.84. The molecule has 0 heterocycles. The molecule has 0 unspecified atom stereocenters. The van der Waals surface area contributed by atoms with Gasteiger partial charge in [-0.15, -0.1) is 0 Å². The Morgan fingerprint density at radius 3 is 2.11 bits per heavy atom. The summed E-state index contributed by atoms with van der Waals surface area (Å²) in [5.41, 5.74) is 0.111. The summed E-state index contributed by atoms with van der Waals surface area (Å²) >= 11 is 0. The Kier molecular flexibility index (Phi) is 4.56. The Morgan fingerprint density at radius 2 is 1.56 bits per heavy atom. The third-order valence-electron chi connectivity index (χ3n) is 3.40. The van der Waals surface area contributed by atoms with Gasteiger partial charge in [-0.1, -0.05) is 19.3 Å². The van der Waals surface area contributed by atoms with Gasteiger partial charge in [-0.3, -0.25) is 10.1 Å². The zero-order valence-corrected chi connectivity index (χ0v) is 10.5. The van der Waals surface area contributed by atoms with Crippen molar-refractivity contribution in [2.75, 3.05) is 0 Å². The first-order valence-corrected chi connectivity index (χ1v) is 6.67. The summed E-state index contributed by atoms with van der Waals surface area (Å²) in [6, 6.07) is 6.38. The lowest BCUT2D eigenvalue weighted by molar-refractivity contribution is -0.384. The molecule has 1 aliphatic carbocycles. The smallest absolute Gasteiger partial charge is 0.269 e. The number of nitrogens with zero attached hydrogens (tertiary/aromatic N) is 1. The van der Waals surface area contributed by atoms with Crippen LogP contribution in [0, 0.1) is 10.1 Å². The Bertz CT molecular complexity index is 381. The quantitative estimate of drug-likeness (QED) is 0.599. The van der Waals surface area contributed by atoms with Gasteiger partial charge in [-0.2, -0.15) is 0 Å². The monoisotopic (exact) mass is 249 g/mol. The van der Waals surface area contributed by atoms with E-state index in [-0.39, 0.29) is 16.7 Å². The Labute approximate surface area is 107 Å². The van der Waals surface area contributed by atoms with E-state index in [2.05, 4.69) is 0 Å². The molecule has 1 fully saturated rings. The molecule has 98 valence electrons. The first-order chi connectivity index (χ1) is 8.75. The fourth-order valence-corrected chi connectivity index (χ4v) is 2.38. The van der Waals surface area contributed by atoms with Crippen molar-refractivity contribution < 1.29 is 9.66 Å². The van der Waals surface area contributed by atoms with E-state index in [9.17, 15) is 10.1 Å². The summed E-state index contributed by atoms with van der Waals surface area (Å²) in [6.45, 7) is 0. The summed E-state index contributed by atoms with van der Waals surface area (Å²) in [4.78, 5) is 10.2. The highest BCUT2D eigenvalue weighted by Crippen LogP contribution is 2.24. The molecule has 0 spiro atoms. The highest BCUT2D eigenvalue weighted by atomic mass is 16.6. The zero-order chi connectivity index (χ0) is 12.8. The van der Waals surface area contributed by atoms with Crippen molar-refractivity contribution in [1.29, 1.82) is 0 Å². The molecule has 0 N–H and O–H groups in total. The standard InChI is InChI=1S/C14H19NO3/c16-15(17)12-8-10-14(11-9-12)18-13-6-4-2-1-3-5-7-13/h8-11,13H,1-7H2. The summed E-state index contributed by atoms with van der Waals surface area (Å²) in [6.07, 6.45) is 8.82. The molecule has 1 aromatic rings. The van der Waals surface area contributed by atoms with Crippen molar-refractivity contribution in [3.63, 3.8) is 0 Å². The molecule has 0 radical (unpaired) electrons. The molecule has 1 saturated carbocycles. The van der Waals surface area contributed by atoms with E-state index in [0.29, 0.717) is 0 Å². The van der Waals surface area contributed by atoms with Crippen molar-refractivity contribution >= 4 is 5.69 Å². The fourth-order valence-electron chi connectivity index (χ4n) is 2.38. The van der Waals surface area contributed by atoms with Crippen LogP contribution in [0.2, 0.25) is 0 Å². The maximum atomic E-state index is 10.6. The molecule has 0 bridgehead atoms. The molecule has 0 atom stereocenters. The topological polar surface area (TPSA) is 52.4 Å². The van der Waals surface area contributed by atoms with Crippen LogP contribution in [0.25, 0.3) is 0 Å². The molecule has 4 heteroatoms. The third-order valence-corrected chi connectivity index (χ3v) is 3.40. The molecule has 0 saturated heterocycles. The normalized spacial score (nSPS) is 17.8. The molecular formula is C14H19NO3. The molecular weight excluding hydrogens is 230 g/mol. The van der Waals surface area contributed by atoms with Crippen LogP contribution < -0.4 is 4.74 Å². The molecule has 1 aromatic carbocycles. The highest BCUT2D eigenvalue weighted by Gasteiger charge is 2.13. The van der Waals surface area contributed by atoms with Crippen molar-refractivity contribution in [1.82, 2.24) is 0 Å². The number of benzene rings is 1. The zero-order valence-electron chi connectivity index (χ0n) is 10.5. The molecule has 0 aliphatic heterocycles. The number of hydrogen-bond acceptors (Lipinski definition) is 3. The average Bonchev–Trinajstić information content (AvgIpc) is 2.33. The van der Waals surface area contributed by atoms with E-state index in [1.165, 1.54) is 44.2 Å². The Hall–Kier alpha value is -1.58. The van der Waals surface area contributed by atoms with Gasteiger partial charge >= 0.3 is 0 Å². The summed E-state index contributed by atoms with van der Waals surface area (Å²) in [5, 5.41) is 10.6. The van der Waals surface area contributed by atoms with E-state index in [4.69, 9.17) is 4.74 Å². The van der Waals surface area contributed by atoms with Crippen molar-refractivity contribution in [3.05, 3.63) is 34.4 Å². The first-order valence-electron chi connectivity index (χ1n) is 6.67. The van der Waals surface area contributed by atoms with Gasteiger partial charge < -0.3 is 4.74 Å². The fraction of sp³-hybridized carbons (Fsp3) is 0.571. The minimum Gasteiger partial charge on any atom is -0.490 e. The summed E-state index contributed by atoms with van der Waals surface area (Å²) in [5.74, 6) is 0.742. The highest BCUT2D eigenvalue weighted by molar-refractivity contribution is 5.36. The predicted octanol–water partition coefficient (Wildman–Crippen LogP) is 4.09. The van der Waals surface area contributed by atoms with Gasteiger partial charge in [0.1, 0.15) is 5.75 Å². The van der Waals surface area contributed by atoms with Crippen LogP contribution in [-0.2, 0) is 0 Å². The maximum Gasteiger partial charge on any atom is 0.269 e. The number of non-ortho nitro benzene ring substituents is 1. The number of rotatable bonds is 3. The minimum atomic E-state index is -0.389. The second-order valence-electron chi connectivity index (χ2n) is 4.84. The van der Waals surface area contributed by atoms with E-state index in [1.807, 2.05) is 0 Å². The van der Waals surface area contributed by atoms with Crippen LogP contribution in [0.1, 0.15) is 44.9 Å². The number of nitro groups is 1. The Morgan fingerprint density at radius 1 is 1.00 bits per heavy atom. The van der Waals surface area contributed by atoms with Crippen LogP contribution >= 0.6 is 0 Å². The SMILES string of the molecule is O=[N+]([O-])c1ccc(OC2CCCCCCC2)cc1. The molecule has 0 aromatic heterocycles. The number of nitro benzene ring substituents is 1. The lowest BCUT2D eigenvalue weighted by atomic mass is 9.98. The van der Waals surface area contributed by atoms with Crippen molar-refractivity contribution in [2.45, 2.75) is 51.0 Å². The maximum absolute atomic E-state index is 10.6. The van der Waals surface area contributed by atoms with Crippen LogP contribution in [0.3, 0.4) is 0 Å². The van der Waals surface area contributed by atoms with Gasteiger partial charge in [0.2, 0.25) is 0 Å². The van der Waals surface area contributed by atoms with E-state index >= 15 is 0 Å². The van der Waals surface area contributed by atoms with Crippen LogP contribution in [0.15, 0.2) is 24.3 Å². The molecule has 2 rings (SSSR count). The van der Waals surface area contributed by atoms with E-state index < -0.39 is 0 Å². The van der Waals surface area contributed by atoms with E-state index in [1.54, 1.807) is 12.1 Å². The van der Waals surface area contributed by atoms with Crippen LogP contribution in [0.5, 0.6) is 5.75 Å². The van der Waals surface area contributed by atoms with Gasteiger partial charge in [0, 0.05) is 12.1 Å². The average molecular weight is 249 g/mol. The van der Waals surface area contributed by atoms with E-state index in [0.717, 1.165) is 18.6 Å². The Balaban J connectivity index is 1.92. The summed E-state index contributed by atoms with van der Waals surface area (Å²) < 4.78 is 5.90. The van der Waals surface area contributed by atoms with Crippen LogP contribution in [0.4, 0.5) is 5.69 Å². The van der Waals surface area contributed by atoms with Crippen LogP contribution in [-0.4, -0.2) is 11.0 Å².